The summed E-state index contributed by atoms with van der Waals surface area (Å²) in [5.41, 5.74) is 0. The molecule has 3 atom stereocenters. The van der Waals surface area contributed by atoms with Crippen LogP contribution >= 0.6 is 0 Å². The largest absolute Gasteiger partial charge is 0.468 e. The number of rotatable bonds is 7. The van der Waals surface area contributed by atoms with Crippen molar-refractivity contribution >= 4 is 17.7 Å². The molecular formula is C19H27N3O4. The molecule has 142 valence electrons. The fourth-order valence-electron chi connectivity index (χ4n) is 3.98. The highest BCUT2D eigenvalue weighted by molar-refractivity contribution is 6.05. The summed E-state index contributed by atoms with van der Waals surface area (Å²) in [4.78, 5) is 40.3. The maximum atomic E-state index is 12.4. The van der Waals surface area contributed by atoms with Crippen LogP contribution in [-0.4, -0.2) is 54.7 Å². The van der Waals surface area contributed by atoms with Crippen molar-refractivity contribution in [3.8, 4) is 0 Å². The van der Waals surface area contributed by atoms with Crippen molar-refractivity contribution in [2.45, 2.75) is 38.1 Å². The molecule has 3 rings (SSSR count). The highest BCUT2D eigenvalue weighted by Crippen LogP contribution is 2.37. The van der Waals surface area contributed by atoms with Gasteiger partial charge in [-0.25, -0.2) is 0 Å². The number of carbonyl (C=O) groups is 3. The van der Waals surface area contributed by atoms with Gasteiger partial charge in [0, 0.05) is 19.5 Å². The Morgan fingerprint density at radius 1 is 1.27 bits per heavy atom. The maximum absolute atomic E-state index is 12.4. The molecule has 2 heterocycles. The predicted molar refractivity (Wildman–Crippen MR) is 94.9 cm³/mol. The van der Waals surface area contributed by atoms with E-state index in [2.05, 4.69) is 5.32 Å². The highest BCUT2D eigenvalue weighted by atomic mass is 16.3. The molecule has 0 aromatic carbocycles. The zero-order valence-corrected chi connectivity index (χ0v) is 15.4. The average Bonchev–Trinajstić information content (AvgIpc) is 3.22. The number of fused-ring (bicyclic) bond motifs is 1. The summed E-state index contributed by atoms with van der Waals surface area (Å²) >= 11 is 0. The Labute approximate surface area is 153 Å². The van der Waals surface area contributed by atoms with Gasteiger partial charge in [-0.15, -0.1) is 0 Å². The van der Waals surface area contributed by atoms with Crippen LogP contribution in [0, 0.1) is 11.8 Å². The smallest absolute Gasteiger partial charge is 0.233 e. The number of likely N-dealkylation sites (tertiary alicyclic amines) is 1. The van der Waals surface area contributed by atoms with Gasteiger partial charge in [0.15, 0.2) is 0 Å². The van der Waals surface area contributed by atoms with E-state index in [9.17, 15) is 14.4 Å². The van der Waals surface area contributed by atoms with Gasteiger partial charge in [-0.1, -0.05) is 12.8 Å². The van der Waals surface area contributed by atoms with Crippen LogP contribution in [0.15, 0.2) is 22.8 Å². The first kappa shape index (κ1) is 18.6. The van der Waals surface area contributed by atoms with Gasteiger partial charge in [0.05, 0.1) is 24.1 Å². The molecule has 2 aliphatic rings. The number of nitrogens with zero attached hydrogens (tertiary/aromatic N) is 2. The van der Waals surface area contributed by atoms with Crippen molar-refractivity contribution in [1.29, 1.82) is 0 Å². The first-order valence-electron chi connectivity index (χ1n) is 9.30. The van der Waals surface area contributed by atoms with E-state index in [0.717, 1.165) is 31.4 Å². The molecule has 7 nitrogen and oxygen atoms in total. The van der Waals surface area contributed by atoms with Crippen molar-refractivity contribution in [1.82, 2.24) is 15.1 Å². The molecule has 3 amide bonds. The topological polar surface area (TPSA) is 82.9 Å². The van der Waals surface area contributed by atoms with E-state index in [0.29, 0.717) is 6.54 Å². The molecule has 1 aliphatic heterocycles. The highest BCUT2D eigenvalue weighted by Gasteiger charge is 2.47. The van der Waals surface area contributed by atoms with Crippen LogP contribution in [0.3, 0.4) is 0 Å². The summed E-state index contributed by atoms with van der Waals surface area (Å²) in [6.45, 7) is 0.580. The lowest BCUT2D eigenvalue weighted by Gasteiger charge is -2.23. The minimum atomic E-state index is -0.168. The van der Waals surface area contributed by atoms with Gasteiger partial charge in [0.1, 0.15) is 5.76 Å². The lowest BCUT2D eigenvalue weighted by molar-refractivity contribution is -0.140. The summed E-state index contributed by atoms with van der Waals surface area (Å²) < 4.78 is 5.42. The van der Waals surface area contributed by atoms with Gasteiger partial charge in [0.25, 0.3) is 0 Å². The molecule has 1 N–H and O–H groups in total. The van der Waals surface area contributed by atoms with Crippen molar-refractivity contribution in [3.05, 3.63) is 24.2 Å². The Morgan fingerprint density at radius 2 is 1.92 bits per heavy atom. The van der Waals surface area contributed by atoms with Crippen LogP contribution in [0.5, 0.6) is 0 Å². The summed E-state index contributed by atoms with van der Waals surface area (Å²) in [6, 6.07) is 3.63. The van der Waals surface area contributed by atoms with Crippen LogP contribution < -0.4 is 5.32 Å². The third-order valence-electron chi connectivity index (χ3n) is 5.48. The molecule has 1 saturated heterocycles. The molecule has 1 aromatic heterocycles. The Morgan fingerprint density at radius 3 is 2.46 bits per heavy atom. The van der Waals surface area contributed by atoms with E-state index in [-0.39, 0.29) is 48.6 Å². The van der Waals surface area contributed by atoms with Crippen molar-refractivity contribution in [3.63, 3.8) is 0 Å². The second-order valence-electron chi connectivity index (χ2n) is 7.37. The second kappa shape index (κ2) is 8.03. The van der Waals surface area contributed by atoms with Gasteiger partial charge < -0.3 is 9.73 Å². The van der Waals surface area contributed by atoms with E-state index in [1.54, 1.807) is 6.26 Å². The van der Waals surface area contributed by atoms with Gasteiger partial charge in [-0.3, -0.25) is 24.2 Å². The maximum Gasteiger partial charge on any atom is 0.233 e. The molecule has 0 spiro atoms. The number of likely N-dealkylation sites (N-methyl/N-ethyl adjacent to an activating group) is 1. The van der Waals surface area contributed by atoms with E-state index in [1.165, 1.54) is 4.90 Å². The minimum absolute atomic E-state index is 0.0631. The zero-order valence-electron chi connectivity index (χ0n) is 15.4. The molecule has 0 radical (unpaired) electrons. The first-order chi connectivity index (χ1) is 12.5. The van der Waals surface area contributed by atoms with Gasteiger partial charge in [-0.05, 0) is 39.1 Å². The lowest BCUT2D eigenvalue weighted by Crippen LogP contribution is -2.38. The van der Waals surface area contributed by atoms with Gasteiger partial charge in [0.2, 0.25) is 17.7 Å². The molecule has 26 heavy (non-hydrogen) atoms. The third kappa shape index (κ3) is 3.82. The van der Waals surface area contributed by atoms with E-state index < -0.39 is 0 Å². The molecule has 3 unspecified atom stereocenters. The SMILES string of the molecule is CN(C)C(CNC(=O)CCN1C(=O)C2CCCCC2C1=O)c1ccco1. The fraction of sp³-hybridized carbons (Fsp3) is 0.632. The Balaban J connectivity index is 1.49. The van der Waals surface area contributed by atoms with Gasteiger partial charge in [-0.2, -0.15) is 0 Å². The average molecular weight is 361 g/mol. The molecule has 0 bridgehead atoms. The number of nitrogens with one attached hydrogen (secondary N) is 1. The standard InChI is InChI=1S/C19H27N3O4/c1-21(2)15(16-8-5-11-26-16)12-20-17(23)9-10-22-18(24)13-6-3-4-7-14(13)19(22)25/h5,8,11,13-15H,3-4,6-7,9-10,12H2,1-2H3,(H,20,23). The second-order valence-corrected chi connectivity index (χ2v) is 7.37. The molecular weight excluding hydrogens is 334 g/mol. The van der Waals surface area contributed by atoms with E-state index in [4.69, 9.17) is 4.42 Å². The summed E-state index contributed by atoms with van der Waals surface area (Å²) in [6.07, 6.45) is 5.35. The fourth-order valence-corrected chi connectivity index (χ4v) is 3.98. The Kier molecular flexibility index (Phi) is 5.76. The lowest BCUT2D eigenvalue weighted by atomic mass is 9.81. The van der Waals surface area contributed by atoms with E-state index >= 15 is 0 Å². The summed E-state index contributed by atoms with van der Waals surface area (Å²) in [7, 11) is 3.84. The predicted octanol–water partition coefficient (Wildman–Crippen LogP) is 1.56. The first-order valence-corrected chi connectivity index (χ1v) is 9.30. The zero-order chi connectivity index (χ0) is 18.7. The number of amides is 3. The van der Waals surface area contributed by atoms with Gasteiger partial charge >= 0.3 is 0 Å². The van der Waals surface area contributed by atoms with Crippen LogP contribution in [0.25, 0.3) is 0 Å². The van der Waals surface area contributed by atoms with E-state index in [1.807, 2.05) is 31.1 Å². The van der Waals surface area contributed by atoms with Crippen LogP contribution in [0.1, 0.15) is 43.9 Å². The normalized spacial score (nSPS) is 24.0. The third-order valence-corrected chi connectivity index (χ3v) is 5.48. The summed E-state index contributed by atoms with van der Waals surface area (Å²) in [5.74, 6) is 0.124. The minimum Gasteiger partial charge on any atom is -0.468 e. The quantitative estimate of drug-likeness (QED) is 0.746. The number of imide groups is 1. The van der Waals surface area contributed by atoms with Crippen LogP contribution in [-0.2, 0) is 14.4 Å². The van der Waals surface area contributed by atoms with Crippen LogP contribution in [0.4, 0.5) is 0 Å². The van der Waals surface area contributed by atoms with Crippen molar-refractivity contribution < 1.29 is 18.8 Å². The van der Waals surface area contributed by atoms with Crippen LogP contribution in [0.2, 0.25) is 0 Å². The Bertz CT molecular complexity index is 632. The van der Waals surface area contributed by atoms with Crippen molar-refractivity contribution in [2.24, 2.45) is 11.8 Å². The molecule has 1 aromatic rings. The number of hydrogen-bond donors (Lipinski definition) is 1. The number of hydrogen-bond acceptors (Lipinski definition) is 5. The molecule has 7 heteroatoms. The number of furan rings is 1. The number of carbonyl (C=O) groups excluding carboxylic acids is 3. The molecule has 1 aliphatic carbocycles. The molecule has 2 fully saturated rings. The summed E-state index contributed by atoms with van der Waals surface area (Å²) in [5, 5.41) is 2.88. The molecule has 1 saturated carbocycles. The Hall–Kier alpha value is -2.15. The monoisotopic (exact) mass is 361 g/mol. The van der Waals surface area contributed by atoms with Crippen molar-refractivity contribution in [2.75, 3.05) is 27.2 Å².